The molecule has 192 valence electrons. The van der Waals surface area contributed by atoms with Crippen LogP contribution in [-0.2, 0) is 25.5 Å². The number of hydrogen-bond donors (Lipinski definition) is 1. The van der Waals surface area contributed by atoms with E-state index in [1.807, 2.05) is 12.1 Å². The molecule has 5 unspecified atom stereocenters. The molecule has 3 aliphatic rings. The van der Waals surface area contributed by atoms with Gasteiger partial charge in [-0.25, -0.2) is 0 Å². The Morgan fingerprint density at radius 1 is 1.09 bits per heavy atom. The van der Waals surface area contributed by atoms with Gasteiger partial charge in [0.05, 0.1) is 6.42 Å². The lowest BCUT2D eigenvalue weighted by Crippen LogP contribution is -2.45. The molecular formula is C29H41NO5. The van der Waals surface area contributed by atoms with E-state index >= 15 is 0 Å². The number of hydrogen-bond acceptors (Lipinski definition) is 5. The Balaban J connectivity index is 1.33. The molecule has 6 heteroatoms. The summed E-state index contributed by atoms with van der Waals surface area (Å²) in [6.07, 6.45) is 9.87. The summed E-state index contributed by atoms with van der Waals surface area (Å²) in [5, 5.41) is 2.86. The maximum absolute atomic E-state index is 12.3. The smallest absolute Gasteiger partial charge is 0.311 e. The number of fused-ring (bicyclic) bond motifs is 5. The van der Waals surface area contributed by atoms with Crippen LogP contribution in [0.4, 0.5) is 0 Å². The van der Waals surface area contributed by atoms with Crippen LogP contribution in [0, 0.1) is 17.3 Å². The number of rotatable bonds is 9. The van der Waals surface area contributed by atoms with Crippen molar-refractivity contribution >= 4 is 17.8 Å². The molecule has 6 nitrogen and oxygen atoms in total. The van der Waals surface area contributed by atoms with E-state index in [1.54, 1.807) is 0 Å². The van der Waals surface area contributed by atoms with Crippen LogP contribution in [-0.4, -0.2) is 30.5 Å². The third-order valence-electron chi connectivity index (χ3n) is 8.81. The number of carbonyl (C=O) groups excluding carboxylic acids is 3. The average Bonchev–Trinajstić information content (AvgIpc) is 3.15. The highest BCUT2D eigenvalue weighted by Crippen LogP contribution is 2.61. The fourth-order valence-corrected chi connectivity index (χ4v) is 7.06. The third kappa shape index (κ3) is 5.73. The monoisotopic (exact) mass is 483 g/mol. The standard InChI is InChI=1S/C29H41NO5/c1-4-5-6-17-30-27(32)13-14-28(33)35-21-8-10-22-20(18-21)7-9-24-23(22)15-16-29(3)25(24)11-12-26(29)34-19(2)31/h8,10,18,23-26H,4-7,9,11-17H2,1-3H3,(H,30,32). The van der Waals surface area contributed by atoms with E-state index in [1.165, 1.54) is 18.1 Å². The summed E-state index contributed by atoms with van der Waals surface area (Å²) in [5.41, 5.74) is 2.76. The first-order chi connectivity index (χ1) is 16.8. The molecule has 0 heterocycles. The summed E-state index contributed by atoms with van der Waals surface area (Å²) in [6, 6.07) is 6.09. The molecule has 1 aromatic carbocycles. The van der Waals surface area contributed by atoms with Crippen LogP contribution in [0.25, 0.3) is 0 Å². The lowest BCUT2D eigenvalue weighted by atomic mass is 9.55. The Morgan fingerprint density at radius 3 is 2.69 bits per heavy atom. The van der Waals surface area contributed by atoms with Gasteiger partial charge < -0.3 is 14.8 Å². The maximum atomic E-state index is 12.3. The van der Waals surface area contributed by atoms with Crippen molar-refractivity contribution in [1.82, 2.24) is 5.32 Å². The van der Waals surface area contributed by atoms with E-state index in [4.69, 9.17) is 9.47 Å². The Morgan fingerprint density at radius 2 is 1.91 bits per heavy atom. The van der Waals surface area contributed by atoms with Crippen molar-refractivity contribution in [2.24, 2.45) is 17.3 Å². The summed E-state index contributed by atoms with van der Waals surface area (Å²) >= 11 is 0. The van der Waals surface area contributed by atoms with Gasteiger partial charge in [0, 0.05) is 25.3 Å². The molecule has 0 bridgehead atoms. The number of carbonyl (C=O) groups is 3. The second-order valence-corrected chi connectivity index (χ2v) is 11.0. The number of nitrogens with one attached hydrogen (secondary N) is 1. The lowest BCUT2D eigenvalue weighted by molar-refractivity contribution is -0.154. The number of esters is 2. The molecule has 2 fully saturated rings. The van der Waals surface area contributed by atoms with E-state index in [2.05, 4.69) is 25.2 Å². The van der Waals surface area contributed by atoms with E-state index in [0.29, 0.717) is 30.0 Å². The minimum Gasteiger partial charge on any atom is -0.462 e. The van der Waals surface area contributed by atoms with E-state index < -0.39 is 0 Å². The zero-order valence-electron chi connectivity index (χ0n) is 21.6. The maximum Gasteiger partial charge on any atom is 0.311 e. The summed E-state index contributed by atoms with van der Waals surface area (Å²) in [4.78, 5) is 35.9. The molecule has 5 atom stereocenters. The molecule has 1 amide bonds. The zero-order chi connectivity index (χ0) is 25.0. The molecule has 0 radical (unpaired) electrons. The van der Waals surface area contributed by atoms with E-state index in [9.17, 15) is 14.4 Å². The van der Waals surface area contributed by atoms with Gasteiger partial charge in [0.1, 0.15) is 11.9 Å². The summed E-state index contributed by atoms with van der Waals surface area (Å²) in [6.45, 7) is 6.64. The van der Waals surface area contributed by atoms with Gasteiger partial charge in [-0.2, -0.15) is 0 Å². The Kier molecular flexibility index (Phi) is 8.18. The molecule has 0 saturated heterocycles. The van der Waals surface area contributed by atoms with Crippen molar-refractivity contribution in [3.8, 4) is 5.75 Å². The van der Waals surface area contributed by atoms with Crippen molar-refractivity contribution in [2.75, 3.05) is 6.54 Å². The fraction of sp³-hybridized carbons (Fsp3) is 0.690. The first-order valence-corrected chi connectivity index (χ1v) is 13.6. The van der Waals surface area contributed by atoms with Crippen molar-refractivity contribution in [3.05, 3.63) is 29.3 Å². The highest BCUT2D eigenvalue weighted by atomic mass is 16.5. The van der Waals surface area contributed by atoms with Gasteiger partial charge >= 0.3 is 11.9 Å². The first-order valence-electron chi connectivity index (χ1n) is 13.6. The van der Waals surface area contributed by atoms with E-state index in [0.717, 1.165) is 57.8 Å². The van der Waals surface area contributed by atoms with Crippen LogP contribution in [0.5, 0.6) is 5.75 Å². The highest BCUT2D eigenvalue weighted by Gasteiger charge is 2.56. The van der Waals surface area contributed by atoms with Crippen LogP contribution in [0.3, 0.4) is 0 Å². The molecule has 1 N–H and O–H groups in total. The Bertz CT molecular complexity index is 943. The van der Waals surface area contributed by atoms with Gasteiger partial charge in [-0.3, -0.25) is 14.4 Å². The fourth-order valence-electron chi connectivity index (χ4n) is 7.06. The Hall–Kier alpha value is -2.37. The predicted octanol–water partition coefficient (Wildman–Crippen LogP) is 5.47. The number of benzene rings is 1. The molecule has 1 aromatic rings. The zero-order valence-corrected chi connectivity index (χ0v) is 21.6. The summed E-state index contributed by atoms with van der Waals surface area (Å²) in [7, 11) is 0. The largest absolute Gasteiger partial charge is 0.462 e. The minimum absolute atomic E-state index is 0.0487. The molecular weight excluding hydrogens is 442 g/mol. The summed E-state index contributed by atoms with van der Waals surface area (Å²) in [5.74, 6) is 1.68. The van der Waals surface area contributed by atoms with Gasteiger partial charge in [0.15, 0.2) is 0 Å². The van der Waals surface area contributed by atoms with Gasteiger partial charge in [0.2, 0.25) is 5.91 Å². The quantitative estimate of drug-likeness (QED) is 0.286. The minimum atomic E-state index is -0.363. The molecule has 0 aromatic heterocycles. The average molecular weight is 484 g/mol. The van der Waals surface area contributed by atoms with Crippen LogP contribution in [0.2, 0.25) is 0 Å². The third-order valence-corrected chi connectivity index (χ3v) is 8.81. The summed E-state index contributed by atoms with van der Waals surface area (Å²) < 4.78 is 11.3. The van der Waals surface area contributed by atoms with E-state index in [-0.39, 0.29) is 42.2 Å². The van der Waals surface area contributed by atoms with Crippen LogP contribution in [0.1, 0.15) is 102 Å². The second-order valence-electron chi connectivity index (χ2n) is 11.0. The lowest BCUT2D eigenvalue weighted by Gasteiger charge is -2.50. The predicted molar refractivity (Wildman–Crippen MR) is 134 cm³/mol. The van der Waals surface area contributed by atoms with Gasteiger partial charge in [-0.15, -0.1) is 0 Å². The van der Waals surface area contributed by atoms with Crippen LogP contribution < -0.4 is 10.1 Å². The number of aryl methyl sites for hydroxylation is 1. The first kappa shape index (κ1) is 25.7. The van der Waals surface area contributed by atoms with Crippen molar-refractivity contribution < 1.29 is 23.9 Å². The number of ether oxygens (including phenoxy) is 2. The molecule has 4 rings (SSSR count). The molecule has 0 spiro atoms. The normalized spacial score (nSPS) is 28.9. The Labute approximate surface area is 209 Å². The molecule has 0 aliphatic heterocycles. The molecule has 35 heavy (non-hydrogen) atoms. The second kappa shape index (κ2) is 11.1. The van der Waals surface area contributed by atoms with Gasteiger partial charge in [-0.05, 0) is 86.0 Å². The van der Waals surface area contributed by atoms with Crippen LogP contribution >= 0.6 is 0 Å². The van der Waals surface area contributed by atoms with Crippen molar-refractivity contribution in [1.29, 1.82) is 0 Å². The number of unbranched alkanes of at least 4 members (excludes halogenated alkanes) is 2. The van der Waals surface area contributed by atoms with Gasteiger partial charge in [0.25, 0.3) is 0 Å². The topological polar surface area (TPSA) is 81.7 Å². The molecule has 3 aliphatic carbocycles. The van der Waals surface area contributed by atoms with Crippen molar-refractivity contribution in [2.45, 2.75) is 103 Å². The number of amides is 1. The van der Waals surface area contributed by atoms with Crippen molar-refractivity contribution in [3.63, 3.8) is 0 Å². The highest BCUT2D eigenvalue weighted by molar-refractivity contribution is 5.82. The van der Waals surface area contributed by atoms with Gasteiger partial charge in [-0.1, -0.05) is 32.8 Å². The molecule has 2 saturated carbocycles. The van der Waals surface area contributed by atoms with Crippen LogP contribution in [0.15, 0.2) is 18.2 Å². The SMILES string of the molecule is CCCCCNC(=O)CCC(=O)Oc1ccc2c(c1)CCC1C2CCC2(C)C(OC(C)=O)CCC12.